The number of phosphoric acid groups is 1. The summed E-state index contributed by atoms with van der Waals surface area (Å²) in [7, 11) is -4.28. The highest BCUT2D eigenvalue weighted by Gasteiger charge is 2.12. The third-order valence-electron chi connectivity index (χ3n) is 9.68. The highest BCUT2D eigenvalue weighted by atomic mass is 31.2. The molecular formula is C39H80NO6P. The van der Waals surface area contributed by atoms with Gasteiger partial charge >= 0.3 is 7.82 Å². The van der Waals surface area contributed by atoms with Crippen LogP contribution in [0.3, 0.4) is 0 Å². The molecule has 0 rings (SSSR count). The van der Waals surface area contributed by atoms with Crippen molar-refractivity contribution >= 4 is 13.7 Å². The van der Waals surface area contributed by atoms with Gasteiger partial charge in [0.2, 0.25) is 5.91 Å². The number of hydrogen-bond acceptors (Lipinski definition) is 4. The quantitative estimate of drug-likeness (QED) is 0.0220. The molecule has 0 aliphatic rings. The maximum atomic E-state index is 10.9. The molecule has 0 aliphatic carbocycles. The molecule has 0 aromatic carbocycles. The second kappa shape index (κ2) is 38.3. The lowest BCUT2D eigenvalue weighted by atomic mass is 10.0. The van der Waals surface area contributed by atoms with Crippen molar-refractivity contribution in [3.8, 4) is 0 Å². The molecule has 0 aliphatic heterocycles. The molecular weight excluding hydrogens is 609 g/mol. The second-order valence-corrected chi connectivity index (χ2v) is 15.6. The number of unbranched alkanes of at least 4 members (excludes halogenated alkanes) is 35. The van der Waals surface area contributed by atoms with E-state index in [1.54, 1.807) is 5.48 Å². The van der Waals surface area contributed by atoms with Gasteiger partial charge in [0.1, 0.15) is 0 Å². The number of nitrogens with one attached hydrogen (secondary N) is 1. The molecule has 47 heavy (non-hydrogen) atoms. The van der Waals surface area contributed by atoms with Crippen LogP contribution in [0, 0.1) is 0 Å². The fourth-order valence-electron chi connectivity index (χ4n) is 6.64. The summed E-state index contributed by atoms with van der Waals surface area (Å²) in [5.74, 6) is -0.262. The molecule has 0 aromatic rings. The van der Waals surface area contributed by atoms with Gasteiger partial charge in [-0.3, -0.25) is 14.5 Å². The summed E-state index contributed by atoms with van der Waals surface area (Å²) < 4.78 is 15.1. The van der Waals surface area contributed by atoms with Gasteiger partial charge in [-0.15, -0.1) is 0 Å². The van der Waals surface area contributed by atoms with Crippen molar-refractivity contribution in [1.29, 1.82) is 0 Å². The Kier molecular flexibility index (Phi) is 38.0. The predicted octanol–water partition coefficient (Wildman–Crippen LogP) is 13.0. The number of carbonyl (C=O) groups excluding carboxylic acids is 1. The standard InChI is InChI=1S/C39H80NO6P/c41-39(40-42)37-35-33-31-29-27-25-23-21-19-17-15-13-11-9-7-5-3-1-2-4-6-8-10-12-14-16-18-20-22-24-26-28-30-32-34-36-38-46-47(43,44)45/h42H,1-38H2,(H,40,41)(H2,43,44,45). The number of rotatable bonds is 40. The highest BCUT2D eigenvalue weighted by Crippen LogP contribution is 2.35. The number of amides is 1. The Morgan fingerprint density at radius 1 is 0.383 bits per heavy atom. The van der Waals surface area contributed by atoms with Crippen LogP contribution in [0.25, 0.3) is 0 Å². The molecule has 0 radical (unpaired) electrons. The first-order valence-electron chi connectivity index (χ1n) is 20.6. The van der Waals surface area contributed by atoms with E-state index in [2.05, 4.69) is 4.52 Å². The predicted molar refractivity (Wildman–Crippen MR) is 199 cm³/mol. The molecule has 0 atom stereocenters. The topological polar surface area (TPSA) is 116 Å². The largest absolute Gasteiger partial charge is 0.469 e. The maximum Gasteiger partial charge on any atom is 0.469 e. The van der Waals surface area contributed by atoms with E-state index in [9.17, 15) is 9.36 Å². The normalized spacial score (nSPS) is 11.8. The van der Waals surface area contributed by atoms with E-state index in [1.807, 2.05) is 0 Å². The van der Waals surface area contributed by atoms with Crippen LogP contribution in [0.1, 0.15) is 238 Å². The van der Waals surface area contributed by atoms with E-state index in [0.717, 1.165) is 32.1 Å². The second-order valence-electron chi connectivity index (χ2n) is 14.3. The summed E-state index contributed by atoms with van der Waals surface area (Å²) in [5, 5.41) is 8.47. The van der Waals surface area contributed by atoms with Crippen LogP contribution in [-0.4, -0.2) is 27.5 Å². The van der Waals surface area contributed by atoms with Gasteiger partial charge in [-0.25, -0.2) is 10.0 Å². The average Bonchev–Trinajstić information content (AvgIpc) is 3.05. The Morgan fingerprint density at radius 3 is 0.766 bits per heavy atom. The van der Waals surface area contributed by atoms with Gasteiger partial charge < -0.3 is 9.79 Å². The third-order valence-corrected chi connectivity index (χ3v) is 10.2. The van der Waals surface area contributed by atoms with E-state index >= 15 is 0 Å². The van der Waals surface area contributed by atoms with Crippen LogP contribution in [0.4, 0.5) is 0 Å². The molecule has 0 fully saturated rings. The van der Waals surface area contributed by atoms with Gasteiger partial charge in [-0.2, -0.15) is 0 Å². The first kappa shape index (κ1) is 46.5. The number of carbonyl (C=O) groups is 1. The van der Waals surface area contributed by atoms with Gasteiger partial charge in [0.25, 0.3) is 0 Å². The van der Waals surface area contributed by atoms with E-state index in [0.29, 0.717) is 6.42 Å². The lowest BCUT2D eigenvalue weighted by molar-refractivity contribution is -0.129. The highest BCUT2D eigenvalue weighted by molar-refractivity contribution is 7.46. The number of hydrogen-bond donors (Lipinski definition) is 4. The first-order chi connectivity index (χ1) is 23.0. The zero-order chi connectivity index (χ0) is 34.4. The molecule has 0 saturated carbocycles. The zero-order valence-corrected chi connectivity index (χ0v) is 31.8. The van der Waals surface area contributed by atoms with Crippen LogP contribution in [0.2, 0.25) is 0 Å². The smallest absolute Gasteiger partial charge is 0.303 e. The van der Waals surface area contributed by atoms with Crippen molar-refractivity contribution < 1.29 is 28.9 Å². The minimum atomic E-state index is -4.28. The summed E-state index contributed by atoms with van der Waals surface area (Å²) in [5.41, 5.74) is 1.70. The van der Waals surface area contributed by atoms with Gasteiger partial charge in [-0.1, -0.05) is 218 Å². The Labute approximate surface area is 291 Å². The zero-order valence-electron chi connectivity index (χ0n) is 30.9. The van der Waals surface area contributed by atoms with Crippen LogP contribution < -0.4 is 5.48 Å². The fourth-order valence-corrected chi connectivity index (χ4v) is 7.00. The van der Waals surface area contributed by atoms with E-state index < -0.39 is 7.82 Å². The number of phosphoric ester groups is 1. The molecule has 0 aromatic heterocycles. The van der Waals surface area contributed by atoms with Crippen molar-refractivity contribution in [2.75, 3.05) is 6.61 Å². The lowest BCUT2D eigenvalue weighted by Gasteiger charge is -2.05. The average molecular weight is 690 g/mol. The van der Waals surface area contributed by atoms with Gasteiger partial charge in [0, 0.05) is 6.42 Å². The summed E-state index contributed by atoms with van der Waals surface area (Å²) in [6, 6.07) is 0. The maximum absolute atomic E-state index is 10.9. The molecule has 4 N–H and O–H groups in total. The minimum Gasteiger partial charge on any atom is -0.303 e. The minimum absolute atomic E-state index is 0.164. The van der Waals surface area contributed by atoms with Crippen LogP contribution in [-0.2, 0) is 13.9 Å². The van der Waals surface area contributed by atoms with E-state index in [1.165, 1.54) is 199 Å². The lowest BCUT2D eigenvalue weighted by Crippen LogP contribution is -2.17. The fraction of sp³-hybridized carbons (Fsp3) is 0.974. The van der Waals surface area contributed by atoms with Crippen molar-refractivity contribution in [1.82, 2.24) is 5.48 Å². The van der Waals surface area contributed by atoms with E-state index in [4.69, 9.17) is 15.0 Å². The molecule has 282 valence electrons. The Bertz CT molecular complexity index is 674. The molecule has 7 nitrogen and oxygen atoms in total. The Hall–Kier alpha value is -0.460. The van der Waals surface area contributed by atoms with Gasteiger partial charge in [0.15, 0.2) is 0 Å². The summed E-state index contributed by atoms with van der Waals surface area (Å²) >= 11 is 0. The van der Waals surface area contributed by atoms with Crippen LogP contribution in [0.15, 0.2) is 0 Å². The Balaban J connectivity index is 3.07. The van der Waals surface area contributed by atoms with Gasteiger partial charge in [0.05, 0.1) is 6.61 Å². The monoisotopic (exact) mass is 690 g/mol. The summed E-state index contributed by atoms with van der Waals surface area (Å²) in [4.78, 5) is 28.2. The molecule has 0 bridgehead atoms. The third kappa shape index (κ3) is 43.5. The Morgan fingerprint density at radius 2 is 0.574 bits per heavy atom. The summed E-state index contributed by atoms with van der Waals surface area (Å²) in [6.45, 7) is 0.164. The molecule has 1 amide bonds. The van der Waals surface area contributed by atoms with E-state index in [-0.39, 0.29) is 12.5 Å². The van der Waals surface area contributed by atoms with Crippen molar-refractivity contribution in [2.45, 2.75) is 238 Å². The van der Waals surface area contributed by atoms with Crippen molar-refractivity contribution in [3.05, 3.63) is 0 Å². The first-order valence-corrected chi connectivity index (χ1v) is 22.1. The van der Waals surface area contributed by atoms with Crippen LogP contribution >= 0.6 is 7.82 Å². The molecule has 0 heterocycles. The van der Waals surface area contributed by atoms with Gasteiger partial charge in [-0.05, 0) is 12.8 Å². The molecule has 0 saturated heterocycles. The van der Waals surface area contributed by atoms with Crippen molar-refractivity contribution in [3.63, 3.8) is 0 Å². The molecule has 0 unspecified atom stereocenters. The molecule has 8 heteroatoms. The summed E-state index contributed by atoms with van der Waals surface area (Å²) in [6.07, 6.45) is 48.4. The van der Waals surface area contributed by atoms with Crippen LogP contribution in [0.5, 0.6) is 0 Å². The molecule has 0 spiro atoms. The SMILES string of the molecule is O=C(CCCCCCCCCCCCCCCCCCCCCCCCCCCCCCCCCCCCCCOP(=O)(O)O)NO. The number of hydroxylamine groups is 1. The van der Waals surface area contributed by atoms with Crippen molar-refractivity contribution in [2.24, 2.45) is 0 Å².